The Labute approximate surface area is 344 Å². The van der Waals surface area contributed by atoms with E-state index in [4.69, 9.17) is 9.47 Å². The number of nitrogens with zero attached hydrogens (tertiary/aromatic N) is 2. The highest BCUT2D eigenvalue weighted by Gasteiger charge is 2.67. The molecule has 2 unspecified atom stereocenters. The van der Waals surface area contributed by atoms with Crippen LogP contribution in [0.2, 0.25) is 0 Å². The zero-order chi connectivity index (χ0) is 41.5. The van der Waals surface area contributed by atoms with E-state index < -0.39 is 28.8 Å². The van der Waals surface area contributed by atoms with Crippen LogP contribution in [0.1, 0.15) is 135 Å². The van der Waals surface area contributed by atoms with E-state index >= 15 is 0 Å². The van der Waals surface area contributed by atoms with Crippen molar-refractivity contribution >= 4 is 33.5 Å². The van der Waals surface area contributed by atoms with Gasteiger partial charge in [0.25, 0.3) is 0 Å². The van der Waals surface area contributed by atoms with E-state index in [-0.39, 0.29) is 34.4 Å². The van der Waals surface area contributed by atoms with Gasteiger partial charge in [-0.3, -0.25) is 0 Å². The summed E-state index contributed by atoms with van der Waals surface area (Å²) in [6, 6.07) is 2.25. The molecule has 2 aromatic heterocycles. The van der Waals surface area contributed by atoms with Crippen molar-refractivity contribution in [3.8, 4) is 5.75 Å². The lowest BCUT2D eigenvalue weighted by Crippen LogP contribution is -2.62. The normalized spacial score (nSPS) is 35.2. The molecule has 2 aliphatic heterocycles. The molecule has 3 aromatic rings. The quantitative estimate of drug-likeness (QED) is 0.185. The summed E-state index contributed by atoms with van der Waals surface area (Å²) in [6.45, 7) is 26.4. The first-order valence-electron chi connectivity index (χ1n) is 22.0. The highest BCUT2D eigenvalue weighted by atomic mass is 16.5. The molecule has 9 nitrogen and oxygen atoms in total. The maximum atomic E-state index is 13.1. The van der Waals surface area contributed by atoms with Crippen LogP contribution in [0.25, 0.3) is 27.4 Å². The minimum absolute atomic E-state index is 0.0852. The number of urea groups is 1. The van der Waals surface area contributed by atoms with Gasteiger partial charge in [-0.2, -0.15) is 0 Å². The summed E-state index contributed by atoms with van der Waals surface area (Å²) in [5, 5.41) is 41.8. The average molecular weight is 792 g/mol. The predicted molar refractivity (Wildman–Crippen MR) is 230 cm³/mol. The van der Waals surface area contributed by atoms with Gasteiger partial charge in [0.05, 0.1) is 47.8 Å². The molecule has 3 fully saturated rings. The van der Waals surface area contributed by atoms with Gasteiger partial charge in [-0.05, 0) is 131 Å². The number of fused-ring (bicyclic) bond motifs is 11. The molecule has 4 aliphatic carbocycles. The average Bonchev–Trinajstić information content (AvgIpc) is 3.83. The van der Waals surface area contributed by atoms with Crippen LogP contribution in [0.3, 0.4) is 0 Å². The summed E-state index contributed by atoms with van der Waals surface area (Å²) in [6.07, 6.45) is 13.4. The van der Waals surface area contributed by atoms with Crippen molar-refractivity contribution in [1.82, 2.24) is 14.6 Å². The van der Waals surface area contributed by atoms with Gasteiger partial charge in [0.1, 0.15) is 5.75 Å². The highest BCUT2D eigenvalue weighted by molar-refractivity contribution is 6.11. The third kappa shape index (κ3) is 5.31. The SMILES string of the molecule is C=C(C)c1c(O)c2c3c(cc4c5c(n1c42)[C@@]1(C)C(CC[C@H]2[C@](C)(C=CC=C(CCC)NC(=O)N4CCOCC4)[C@@H](O)CC[C@@]21C)C5)C1=CC(C)(C)OC(C)(C)C1[C@@H]3O. The van der Waals surface area contributed by atoms with Gasteiger partial charge in [0, 0.05) is 57.6 Å². The molecule has 4 heterocycles. The number of aromatic hydroxyl groups is 1. The number of ether oxygens (including phenoxy) is 2. The first kappa shape index (κ1) is 39.8. The first-order valence-corrected chi connectivity index (χ1v) is 22.0. The van der Waals surface area contributed by atoms with Crippen molar-refractivity contribution in [2.75, 3.05) is 26.3 Å². The molecule has 0 bridgehead atoms. The molecule has 58 heavy (non-hydrogen) atoms. The third-order valence-corrected chi connectivity index (χ3v) is 16.3. The van der Waals surface area contributed by atoms with Crippen molar-refractivity contribution < 1.29 is 29.6 Å². The molecule has 1 aromatic carbocycles. The Kier molecular flexibility index (Phi) is 9.05. The van der Waals surface area contributed by atoms with Crippen LogP contribution in [-0.4, -0.2) is 74.3 Å². The fraction of sp³-hybridized carbons (Fsp3) is 0.612. The Morgan fingerprint density at radius 1 is 1.07 bits per heavy atom. The smallest absolute Gasteiger partial charge is 0.321 e. The molecule has 2 saturated carbocycles. The molecule has 0 spiro atoms. The molecule has 2 amide bonds. The summed E-state index contributed by atoms with van der Waals surface area (Å²) >= 11 is 0. The summed E-state index contributed by atoms with van der Waals surface area (Å²) in [4.78, 5) is 14.9. The molecule has 312 valence electrons. The molecule has 9 rings (SSSR count). The van der Waals surface area contributed by atoms with Gasteiger partial charge < -0.3 is 39.4 Å². The standard InChI is InChI=1S/C49H65N3O6/c1-11-13-29(50-44(56)51-20-22-57-23-21-51)14-12-18-47(8)34-16-15-28-24-32-31-25-30-33-26-45(4,5)58-46(6,7)38(33)41(54)36(30)37-40(31)52(39(27(2)3)42(37)55)43(32)49(28,10)48(34,9)19-17-35(47)53/h12,14,18,25-26,28,34-35,38,41,53-55H,2,11,13,15-17,19-24H2,1,3-10H3,(H,50,56)/t28?,34-,35-,38?,41+,47-,48-,49+/m0/s1. The number of carbonyl (C=O) groups excluding carboxylic acids is 1. The second-order valence-corrected chi connectivity index (χ2v) is 20.5. The molecular formula is C49H65N3O6. The number of amides is 2. The molecular weight excluding hydrogens is 727 g/mol. The van der Waals surface area contributed by atoms with Crippen LogP contribution in [0.4, 0.5) is 4.79 Å². The van der Waals surface area contributed by atoms with E-state index in [0.717, 1.165) is 83.1 Å². The number of morpholine rings is 1. The number of carbonyl (C=O) groups is 1. The van der Waals surface area contributed by atoms with Crippen LogP contribution < -0.4 is 5.32 Å². The number of aromatic nitrogens is 1. The minimum atomic E-state index is -0.830. The largest absolute Gasteiger partial charge is 0.505 e. The van der Waals surface area contributed by atoms with Crippen LogP contribution in [0, 0.1) is 28.6 Å². The molecule has 8 atom stereocenters. The van der Waals surface area contributed by atoms with E-state index in [2.05, 4.69) is 96.0 Å². The highest BCUT2D eigenvalue weighted by Crippen LogP contribution is 2.71. The van der Waals surface area contributed by atoms with E-state index in [9.17, 15) is 20.1 Å². The van der Waals surface area contributed by atoms with E-state index in [1.807, 2.05) is 17.9 Å². The van der Waals surface area contributed by atoms with Gasteiger partial charge in [-0.1, -0.05) is 52.8 Å². The lowest BCUT2D eigenvalue weighted by molar-refractivity contribution is -0.144. The van der Waals surface area contributed by atoms with Gasteiger partial charge in [-0.15, -0.1) is 0 Å². The fourth-order valence-electron chi connectivity index (χ4n) is 13.7. The second-order valence-electron chi connectivity index (χ2n) is 20.5. The fourth-order valence-corrected chi connectivity index (χ4v) is 13.7. The van der Waals surface area contributed by atoms with Gasteiger partial charge in [0.2, 0.25) is 0 Å². The van der Waals surface area contributed by atoms with E-state index in [0.29, 0.717) is 38.6 Å². The number of hydrogen-bond acceptors (Lipinski definition) is 6. The molecule has 9 heteroatoms. The van der Waals surface area contributed by atoms with Crippen LogP contribution >= 0.6 is 0 Å². The second kappa shape index (κ2) is 13.2. The Hall–Kier alpha value is -3.63. The Morgan fingerprint density at radius 2 is 1.79 bits per heavy atom. The number of allylic oxidation sites excluding steroid dienone is 4. The zero-order valence-electron chi connectivity index (χ0n) is 36.2. The monoisotopic (exact) mass is 791 g/mol. The molecule has 6 aliphatic rings. The van der Waals surface area contributed by atoms with E-state index in [1.54, 1.807) is 0 Å². The zero-order valence-corrected chi connectivity index (χ0v) is 36.2. The number of aliphatic hydroxyl groups excluding tert-OH is 2. The number of aliphatic hydroxyl groups is 2. The summed E-state index contributed by atoms with van der Waals surface area (Å²) in [7, 11) is 0. The first-order chi connectivity index (χ1) is 27.3. The summed E-state index contributed by atoms with van der Waals surface area (Å²) in [5.74, 6) is 0.524. The lowest BCUT2D eigenvalue weighted by Gasteiger charge is -2.64. The van der Waals surface area contributed by atoms with Crippen molar-refractivity contribution in [2.45, 2.75) is 136 Å². The van der Waals surface area contributed by atoms with Crippen molar-refractivity contribution in [1.29, 1.82) is 0 Å². The van der Waals surface area contributed by atoms with Gasteiger partial charge in [0.15, 0.2) is 0 Å². The van der Waals surface area contributed by atoms with Crippen molar-refractivity contribution in [3.63, 3.8) is 0 Å². The predicted octanol–water partition coefficient (Wildman–Crippen LogP) is 9.19. The molecule has 4 N–H and O–H groups in total. The van der Waals surface area contributed by atoms with Crippen molar-refractivity contribution in [3.05, 3.63) is 70.7 Å². The van der Waals surface area contributed by atoms with Crippen LogP contribution in [0.5, 0.6) is 5.75 Å². The van der Waals surface area contributed by atoms with E-state index in [1.165, 1.54) is 16.6 Å². The lowest BCUT2D eigenvalue weighted by atomic mass is 9.40. The molecule has 0 radical (unpaired) electrons. The van der Waals surface area contributed by atoms with Crippen LogP contribution in [-0.2, 0) is 21.3 Å². The minimum Gasteiger partial charge on any atom is -0.505 e. The Balaban J connectivity index is 1.16. The van der Waals surface area contributed by atoms with Gasteiger partial charge >= 0.3 is 6.03 Å². The Bertz CT molecular complexity index is 2310. The van der Waals surface area contributed by atoms with Gasteiger partial charge in [-0.25, -0.2) is 4.79 Å². The molecule has 1 saturated heterocycles. The van der Waals surface area contributed by atoms with Crippen molar-refractivity contribution in [2.24, 2.45) is 28.6 Å². The van der Waals surface area contributed by atoms with Crippen LogP contribution in [0.15, 0.2) is 42.6 Å². The third-order valence-electron chi connectivity index (χ3n) is 16.3. The summed E-state index contributed by atoms with van der Waals surface area (Å²) in [5.41, 5.74) is 6.89. The topological polar surface area (TPSA) is 116 Å². The maximum Gasteiger partial charge on any atom is 0.321 e. The number of benzene rings is 1. The Morgan fingerprint density at radius 3 is 2.48 bits per heavy atom. The number of rotatable bonds is 6. The number of nitrogens with one attached hydrogen (secondary N) is 1. The number of hydrogen-bond donors (Lipinski definition) is 4. The maximum absolute atomic E-state index is 13.1. The summed E-state index contributed by atoms with van der Waals surface area (Å²) < 4.78 is 14.4.